The summed E-state index contributed by atoms with van der Waals surface area (Å²) in [6.07, 6.45) is 3.30. The molecule has 1 aliphatic heterocycles. The molecule has 0 unspecified atom stereocenters. The maximum atomic E-state index is 12.0. The molecular weight excluding hydrogens is 376 g/mol. The normalized spacial score (nSPS) is 15.0. The first-order valence-electron chi connectivity index (χ1n) is 9.42. The van der Waals surface area contributed by atoms with Crippen molar-refractivity contribution in [2.45, 2.75) is 26.7 Å². The van der Waals surface area contributed by atoms with Gasteiger partial charge in [0.2, 0.25) is 5.95 Å². The molecule has 28 heavy (non-hydrogen) atoms. The summed E-state index contributed by atoms with van der Waals surface area (Å²) >= 11 is 1.62. The van der Waals surface area contributed by atoms with Crippen LogP contribution in [-0.4, -0.2) is 40.8 Å². The first-order valence-corrected chi connectivity index (χ1v) is 10.3. The number of thiophene rings is 1. The van der Waals surface area contributed by atoms with Crippen molar-refractivity contribution in [2.24, 2.45) is 5.92 Å². The summed E-state index contributed by atoms with van der Waals surface area (Å²) in [6, 6.07) is 5.93. The third-order valence-electron chi connectivity index (χ3n) is 4.82. The number of hydrogen-bond acceptors (Lipinski definition) is 8. The third kappa shape index (κ3) is 3.77. The van der Waals surface area contributed by atoms with E-state index in [1.807, 2.05) is 37.4 Å². The number of carbonyl (C=O) groups is 1. The van der Waals surface area contributed by atoms with Gasteiger partial charge in [-0.3, -0.25) is 4.79 Å². The summed E-state index contributed by atoms with van der Waals surface area (Å²) < 4.78 is 10.6. The molecule has 0 atom stereocenters. The molecule has 3 aromatic heterocycles. The van der Waals surface area contributed by atoms with Crippen LogP contribution >= 0.6 is 11.3 Å². The van der Waals surface area contributed by atoms with E-state index in [0.29, 0.717) is 18.3 Å². The van der Waals surface area contributed by atoms with Gasteiger partial charge in [-0.15, -0.1) is 11.3 Å². The van der Waals surface area contributed by atoms with Gasteiger partial charge in [-0.1, -0.05) is 11.2 Å². The van der Waals surface area contributed by atoms with E-state index in [2.05, 4.69) is 15.0 Å². The van der Waals surface area contributed by atoms with Gasteiger partial charge >= 0.3 is 5.97 Å². The van der Waals surface area contributed by atoms with Crippen molar-refractivity contribution in [1.29, 1.82) is 0 Å². The topological polar surface area (TPSA) is 81.4 Å². The van der Waals surface area contributed by atoms with Gasteiger partial charge in [-0.05, 0) is 38.1 Å². The first-order chi connectivity index (χ1) is 13.7. The van der Waals surface area contributed by atoms with Crippen LogP contribution in [0, 0.1) is 12.8 Å². The highest BCUT2D eigenvalue weighted by Crippen LogP contribution is 2.34. The first kappa shape index (κ1) is 18.6. The second-order valence-corrected chi connectivity index (χ2v) is 7.70. The molecule has 0 amide bonds. The summed E-state index contributed by atoms with van der Waals surface area (Å²) in [6.45, 7) is 5.61. The van der Waals surface area contributed by atoms with Crippen LogP contribution < -0.4 is 4.90 Å². The van der Waals surface area contributed by atoms with Gasteiger partial charge in [0.1, 0.15) is 0 Å². The van der Waals surface area contributed by atoms with Gasteiger partial charge in [0.15, 0.2) is 5.76 Å². The van der Waals surface area contributed by atoms with E-state index in [1.54, 1.807) is 17.5 Å². The Morgan fingerprint density at radius 2 is 2.21 bits per heavy atom. The molecule has 1 fully saturated rings. The summed E-state index contributed by atoms with van der Waals surface area (Å²) in [5.41, 5.74) is 2.48. The van der Waals surface area contributed by atoms with Crippen molar-refractivity contribution >= 4 is 23.3 Å². The molecule has 0 N–H and O–H groups in total. The maximum absolute atomic E-state index is 12.0. The molecule has 0 radical (unpaired) electrons. The quantitative estimate of drug-likeness (QED) is 0.602. The number of aryl methyl sites for hydroxylation is 1. The van der Waals surface area contributed by atoms with E-state index in [-0.39, 0.29) is 11.9 Å². The van der Waals surface area contributed by atoms with Crippen molar-refractivity contribution in [1.82, 2.24) is 15.1 Å². The predicted octanol–water partition coefficient (Wildman–Crippen LogP) is 3.95. The number of rotatable bonds is 5. The van der Waals surface area contributed by atoms with Crippen LogP contribution in [0.3, 0.4) is 0 Å². The number of hydrogen-bond donors (Lipinski definition) is 0. The Morgan fingerprint density at radius 1 is 1.39 bits per heavy atom. The molecule has 1 aliphatic rings. The minimum Gasteiger partial charge on any atom is -0.466 e. The lowest BCUT2D eigenvalue weighted by atomic mass is 9.97. The fourth-order valence-electron chi connectivity index (χ4n) is 3.37. The van der Waals surface area contributed by atoms with Crippen molar-refractivity contribution < 1.29 is 14.1 Å². The highest BCUT2D eigenvalue weighted by atomic mass is 32.1. The fourth-order valence-corrected chi connectivity index (χ4v) is 4.10. The van der Waals surface area contributed by atoms with Gasteiger partial charge in [0.05, 0.1) is 34.4 Å². The average molecular weight is 398 g/mol. The van der Waals surface area contributed by atoms with Gasteiger partial charge < -0.3 is 14.2 Å². The van der Waals surface area contributed by atoms with Crippen LogP contribution in [0.15, 0.2) is 34.3 Å². The van der Waals surface area contributed by atoms with Crippen molar-refractivity contribution in [3.05, 3.63) is 35.5 Å². The number of nitrogens with zero attached hydrogens (tertiary/aromatic N) is 4. The molecule has 0 bridgehead atoms. The molecular formula is C20H22N4O3S. The Morgan fingerprint density at radius 3 is 2.86 bits per heavy atom. The van der Waals surface area contributed by atoms with Crippen molar-refractivity contribution in [3.63, 3.8) is 0 Å². The van der Waals surface area contributed by atoms with E-state index < -0.39 is 0 Å². The Hall–Kier alpha value is -2.74. The number of anilines is 1. The number of esters is 1. The van der Waals surface area contributed by atoms with Crippen molar-refractivity contribution in [3.8, 4) is 21.9 Å². The molecule has 4 heterocycles. The molecule has 7 nitrogen and oxygen atoms in total. The lowest BCUT2D eigenvalue weighted by Crippen LogP contribution is -2.38. The number of aromatic nitrogens is 3. The molecule has 146 valence electrons. The van der Waals surface area contributed by atoms with E-state index >= 15 is 0 Å². The summed E-state index contributed by atoms with van der Waals surface area (Å²) in [5, 5.41) is 6.01. The van der Waals surface area contributed by atoms with Gasteiger partial charge in [-0.2, -0.15) is 0 Å². The standard InChI is InChI=1S/C20H22N4O3S/c1-3-26-19(25)14-6-8-24(9-7-14)20-21-12-15(16-11-13(2)23-27-16)18(22-20)17-5-4-10-28-17/h4-5,10-12,14H,3,6-9H2,1-2H3. The van der Waals surface area contributed by atoms with E-state index in [4.69, 9.17) is 14.2 Å². The number of carbonyl (C=O) groups excluding carboxylic acids is 1. The van der Waals surface area contributed by atoms with Crippen LogP contribution in [0.1, 0.15) is 25.5 Å². The lowest BCUT2D eigenvalue weighted by Gasteiger charge is -2.31. The van der Waals surface area contributed by atoms with Gasteiger partial charge in [-0.25, -0.2) is 9.97 Å². The Kier molecular flexibility index (Phi) is 5.38. The zero-order valence-electron chi connectivity index (χ0n) is 15.9. The molecule has 0 spiro atoms. The fraction of sp³-hybridized carbons (Fsp3) is 0.400. The van der Waals surface area contributed by atoms with Crippen LogP contribution in [0.2, 0.25) is 0 Å². The molecule has 1 saturated heterocycles. The molecule has 0 aromatic carbocycles. The SMILES string of the molecule is CCOC(=O)C1CCN(c2ncc(-c3cc(C)no3)c(-c3cccs3)n2)CC1. The average Bonchev–Trinajstić information content (AvgIpc) is 3.40. The van der Waals surface area contributed by atoms with Crippen LogP contribution in [0.5, 0.6) is 0 Å². The molecule has 3 aromatic rings. The highest BCUT2D eigenvalue weighted by molar-refractivity contribution is 7.13. The minimum absolute atomic E-state index is 0.0376. The van der Waals surface area contributed by atoms with Crippen LogP contribution in [0.25, 0.3) is 21.9 Å². The largest absolute Gasteiger partial charge is 0.466 e. The monoisotopic (exact) mass is 398 g/mol. The maximum Gasteiger partial charge on any atom is 0.309 e. The zero-order chi connectivity index (χ0) is 19.5. The second-order valence-electron chi connectivity index (χ2n) is 6.76. The Balaban J connectivity index is 1.60. The third-order valence-corrected chi connectivity index (χ3v) is 5.70. The Labute approximate surface area is 167 Å². The summed E-state index contributed by atoms with van der Waals surface area (Å²) in [4.78, 5) is 24.6. The lowest BCUT2D eigenvalue weighted by molar-refractivity contribution is -0.148. The Bertz CT molecular complexity index is 946. The summed E-state index contributed by atoms with van der Waals surface area (Å²) in [5.74, 6) is 1.20. The minimum atomic E-state index is -0.0987. The second kappa shape index (κ2) is 8.10. The van der Waals surface area contributed by atoms with Crippen molar-refractivity contribution in [2.75, 3.05) is 24.6 Å². The van der Waals surface area contributed by atoms with Crippen LogP contribution in [0.4, 0.5) is 5.95 Å². The van der Waals surface area contributed by atoms with Crippen LogP contribution in [-0.2, 0) is 9.53 Å². The number of piperidine rings is 1. The zero-order valence-corrected chi connectivity index (χ0v) is 16.7. The van der Waals surface area contributed by atoms with Gasteiger partial charge in [0, 0.05) is 25.4 Å². The smallest absolute Gasteiger partial charge is 0.309 e. The van der Waals surface area contributed by atoms with E-state index in [1.165, 1.54) is 0 Å². The van der Waals surface area contributed by atoms with E-state index in [0.717, 1.165) is 47.8 Å². The molecule has 4 rings (SSSR count). The van der Waals surface area contributed by atoms with E-state index in [9.17, 15) is 4.79 Å². The molecule has 8 heteroatoms. The van der Waals surface area contributed by atoms with Gasteiger partial charge in [0.25, 0.3) is 0 Å². The molecule has 0 saturated carbocycles. The molecule has 0 aliphatic carbocycles. The highest BCUT2D eigenvalue weighted by Gasteiger charge is 2.28. The summed E-state index contributed by atoms with van der Waals surface area (Å²) in [7, 11) is 0. The number of ether oxygens (including phenoxy) is 1. The predicted molar refractivity (Wildman–Crippen MR) is 107 cm³/mol.